The minimum atomic E-state index is -0.523. The van der Waals surface area contributed by atoms with E-state index in [2.05, 4.69) is 5.32 Å². The van der Waals surface area contributed by atoms with E-state index in [4.69, 9.17) is 5.73 Å². The van der Waals surface area contributed by atoms with Crippen molar-refractivity contribution in [3.05, 3.63) is 35.9 Å². The van der Waals surface area contributed by atoms with Gasteiger partial charge in [0.15, 0.2) is 0 Å². The highest BCUT2D eigenvalue weighted by atomic mass is 16.2. The Balaban J connectivity index is 2.36. The number of para-hydroxylation sites is 1. The molecular weight excluding hydrogens is 240 g/mol. The van der Waals surface area contributed by atoms with E-state index < -0.39 is 17.7 Å². The van der Waals surface area contributed by atoms with E-state index in [1.165, 1.54) is 0 Å². The van der Waals surface area contributed by atoms with Crippen LogP contribution < -0.4 is 11.1 Å². The molecule has 1 aliphatic heterocycles. The molecule has 1 heterocycles. The van der Waals surface area contributed by atoms with Crippen molar-refractivity contribution in [2.75, 3.05) is 5.32 Å². The fraction of sp³-hybridized carbons (Fsp3) is 0.333. The Morgan fingerprint density at radius 3 is 2.63 bits per heavy atom. The summed E-state index contributed by atoms with van der Waals surface area (Å²) in [5, 5.41) is 2.85. The van der Waals surface area contributed by atoms with Crippen LogP contribution in [0.15, 0.2) is 30.3 Å². The molecule has 19 heavy (non-hydrogen) atoms. The van der Waals surface area contributed by atoms with Gasteiger partial charge in [-0.3, -0.25) is 9.59 Å². The standard InChI is InChI=1S/C15H18N2O2/c1-9(2)13(14(16)18)11-8-7-10-5-3-4-6-12(10)17-15(11)19/h3-9,11,13H,1-2H3,(H2,16,18)(H,17,19)/t11-,13?/m1/s1. The Kier molecular flexibility index (Phi) is 3.69. The molecule has 0 saturated carbocycles. The van der Waals surface area contributed by atoms with Crippen LogP contribution in [0.25, 0.3) is 6.08 Å². The molecule has 0 aliphatic carbocycles. The second kappa shape index (κ2) is 5.26. The Morgan fingerprint density at radius 1 is 1.32 bits per heavy atom. The summed E-state index contributed by atoms with van der Waals surface area (Å²) < 4.78 is 0. The van der Waals surface area contributed by atoms with Crippen molar-refractivity contribution in [3.63, 3.8) is 0 Å². The van der Waals surface area contributed by atoms with E-state index in [0.717, 1.165) is 11.3 Å². The van der Waals surface area contributed by atoms with Gasteiger partial charge in [-0.05, 0) is 17.5 Å². The first-order valence-electron chi connectivity index (χ1n) is 6.38. The first-order chi connectivity index (χ1) is 9.00. The third-order valence-electron chi connectivity index (χ3n) is 3.44. The lowest BCUT2D eigenvalue weighted by molar-refractivity contribution is -0.130. The van der Waals surface area contributed by atoms with E-state index in [0.29, 0.717) is 0 Å². The molecule has 2 amide bonds. The normalized spacial score (nSPS) is 19.5. The minimum absolute atomic E-state index is 0.0131. The highest BCUT2D eigenvalue weighted by Crippen LogP contribution is 2.29. The van der Waals surface area contributed by atoms with Crippen LogP contribution in [0.4, 0.5) is 5.69 Å². The van der Waals surface area contributed by atoms with E-state index in [-0.39, 0.29) is 11.8 Å². The van der Waals surface area contributed by atoms with Gasteiger partial charge >= 0.3 is 0 Å². The number of carbonyl (C=O) groups is 2. The number of hydrogen-bond acceptors (Lipinski definition) is 2. The van der Waals surface area contributed by atoms with Crippen molar-refractivity contribution in [1.29, 1.82) is 0 Å². The van der Waals surface area contributed by atoms with Crippen molar-refractivity contribution in [3.8, 4) is 0 Å². The van der Waals surface area contributed by atoms with Gasteiger partial charge in [0.05, 0.1) is 11.8 Å². The van der Waals surface area contributed by atoms with Gasteiger partial charge in [0.2, 0.25) is 11.8 Å². The smallest absolute Gasteiger partial charge is 0.232 e. The van der Waals surface area contributed by atoms with Gasteiger partial charge < -0.3 is 11.1 Å². The molecule has 0 radical (unpaired) electrons. The molecule has 3 N–H and O–H groups in total. The first-order valence-corrected chi connectivity index (χ1v) is 6.38. The molecule has 2 atom stereocenters. The molecule has 4 nitrogen and oxygen atoms in total. The van der Waals surface area contributed by atoms with Crippen molar-refractivity contribution in [1.82, 2.24) is 0 Å². The molecule has 1 unspecified atom stereocenters. The number of nitrogens with one attached hydrogen (secondary N) is 1. The topological polar surface area (TPSA) is 72.2 Å². The van der Waals surface area contributed by atoms with Gasteiger partial charge in [0.25, 0.3) is 0 Å². The Bertz CT molecular complexity index is 535. The quantitative estimate of drug-likeness (QED) is 0.870. The van der Waals surface area contributed by atoms with Crippen LogP contribution >= 0.6 is 0 Å². The molecule has 2 rings (SSSR count). The van der Waals surface area contributed by atoms with Gasteiger partial charge in [0.1, 0.15) is 0 Å². The van der Waals surface area contributed by atoms with Crippen LogP contribution in [-0.4, -0.2) is 11.8 Å². The average Bonchev–Trinajstić information content (AvgIpc) is 2.49. The Labute approximate surface area is 112 Å². The number of hydrogen-bond donors (Lipinski definition) is 2. The highest BCUT2D eigenvalue weighted by molar-refractivity contribution is 6.00. The number of fused-ring (bicyclic) bond motifs is 1. The predicted molar refractivity (Wildman–Crippen MR) is 75.1 cm³/mol. The van der Waals surface area contributed by atoms with Crippen LogP contribution in [-0.2, 0) is 9.59 Å². The summed E-state index contributed by atoms with van der Waals surface area (Å²) in [7, 11) is 0. The zero-order chi connectivity index (χ0) is 14.0. The molecule has 0 spiro atoms. The number of benzene rings is 1. The summed E-state index contributed by atoms with van der Waals surface area (Å²) in [5.74, 6) is -1.63. The van der Waals surface area contributed by atoms with Crippen LogP contribution in [0.5, 0.6) is 0 Å². The summed E-state index contributed by atoms with van der Waals surface area (Å²) in [6.07, 6.45) is 3.65. The Morgan fingerprint density at radius 2 is 2.00 bits per heavy atom. The number of amides is 2. The maximum absolute atomic E-state index is 12.3. The third kappa shape index (κ3) is 2.67. The van der Waals surface area contributed by atoms with Crippen LogP contribution in [0.3, 0.4) is 0 Å². The molecule has 0 fully saturated rings. The van der Waals surface area contributed by atoms with Crippen LogP contribution in [0.1, 0.15) is 19.4 Å². The minimum Gasteiger partial charge on any atom is -0.369 e. The lowest BCUT2D eigenvalue weighted by Gasteiger charge is -2.23. The van der Waals surface area contributed by atoms with Crippen molar-refractivity contribution < 1.29 is 9.59 Å². The maximum atomic E-state index is 12.3. The summed E-state index contributed by atoms with van der Waals surface area (Å²) in [5.41, 5.74) is 7.13. The molecule has 4 heteroatoms. The molecule has 1 aliphatic rings. The maximum Gasteiger partial charge on any atom is 0.232 e. The lowest BCUT2D eigenvalue weighted by Crippen LogP contribution is -2.38. The van der Waals surface area contributed by atoms with Gasteiger partial charge in [-0.25, -0.2) is 0 Å². The number of anilines is 1. The predicted octanol–water partition coefficient (Wildman–Crippen LogP) is 2.03. The fourth-order valence-corrected chi connectivity index (χ4v) is 2.47. The van der Waals surface area contributed by atoms with Crippen molar-refractivity contribution in [2.45, 2.75) is 13.8 Å². The van der Waals surface area contributed by atoms with E-state index in [1.807, 2.05) is 44.2 Å². The molecular formula is C15H18N2O2. The SMILES string of the molecule is CC(C)C(C(N)=O)[C@H]1C=Cc2ccccc2NC1=O. The highest BCUT2D eigenvalue weighted by Gasteiger charge is 2.34. The van der Waals surface area contributed by atoms with Gasteiger partial charge in [-0.1, -0.05) is 44.2 Å². The van der Waals surface area contributed by atoms with Crippen molar-refractivity contribution >= 4 is 23.6 Å². The fourth-order valence-electron chi connectivity index (χ4n) is 2.47. The second-order valence-electron chi connectivity index (χ2n) is 5.13. The molecule has 1 aromatic rings. The van der Waals surface area contributed by atoms with E-state index >= 15 is 0 Å². The molecule has 1 aromatic carbocycles. The van der Waals surface area contributed by atoms with Gasteiger partial charge in [-0.2, -0.15) is 0 Å². The number of rotatable bonds is 3. The van der Waals surface area contributed by atoms with Gasteiger partial charge in [0, 0.05) is 5.69 Å². The molecule has 0 aromatic heterocycles. The number of primary amides is 1. The largest absolute Gasteiger partial charge is 0.369 e. The van der Waals surface area contributed by atoms with Gasteiger partial charge in [-0.15, -0.1) is 0 Å². The average molecular weight is 258 g/mol. The van der Waals surface area contributed by atoms with Crippen molar-refractivity contribution in [2.24, 2.45) is 23.5 Å². The Hall–Kier alpha value is -2.10. The molecule has 0 bridgehead atoms. The molecule has 0 saturated heterocycles. The number of carbonyl (C=O) groups excluding carboxylic acids is 2. The van der Waals surface area contributed by atoms with E-state index in [9.17, 15) is 9.59 Å². The zero-order valence-electron chi connectivity index (χ0n) is 11.1. The van der Waals surface area contributed by atoms with E-state index in [1.54, 1.807) is 6.08 Å². The monoisotopic (exact) mass is 258 g/mol. The zero-order valence-corrected chi connectivity index (χ0v) is 11.1. The second-order valence-corrected chi connectivity index (χ2v) is 5.13. The lowest BCUT2D eigenvalue weighted by atomic mass is 9.82. The summed E-state index contributed by atoms with van der Waals surface area (Å²) in [4.78, 5) is 23.8. The third-order valence-corrected chi connectivity index (χ3v) is 3.44. The summed E-state index contributed by atoms with van der Waals surface area (Å²) in [6.45, 7) is 3.79. The number of nitrogens with two attached hydrogens (primary N) is 1. The summed E-state index contributed by atoms with van der Waals surface area (Å²) >= 11 is 0. The summed E-state index contributed by atoms with van der Waals surface area (Å²) in [6, 6.07) is 7.53. The van der Waals surface area contributed by atoms with Crippen LogP contribution in [0.2, 0.25) is 0 Å². The first kappa shape index (κ1) is 13.3. The van der Waals surface area contributed by atoms with Crippen LogP contribution in [0, 0.1) is 17.8 Å². The molecule has 100 valence electrons.